The van der Waals surface area contributed by atoms with Gasteiger partial charge in [0.05, 0.1) is 0 Å². The van der Waals surface area contributed by atoms with Crippen LogP contribution in [0.3, 0.4) is 0 Å². The molecule has 1 heterocycles. The topological polar surface area (TPSA) is 23.6 Å². The van der Waals surface area contributed by atoms with Gasteiger partial charge in [-0.2, -0.15) is 0 Å². The molecule has 2 aliphatic rings. The van der Waals surface area contributed by atoms with E-state index in [1.54, 1.807) is 0 Å². The summed E-state index contributed by atoms with van der Waals surface area (Å²) in [5.41, 5.74) is 2.44. The zero-order chi connectivity index (χ0) is 20.1. The molecule has 3 heteroatoms. The van der Waals surface area contributed by atoms with Crippen LogP contribution in [0.1, 0.15) is 62.0 Å². The van der Waals surface area contributed by atoms with Crippen molar-refractivity contribution in [1.29, 1.82) is 0 Å². The second-order valence-corrected chi connectivity index (χ2v) is 8.74. The van der Waals surface area contributed by atoms with Crippen LogP contribution in [0.4, 0.5) is 0 Å². The number of hydrogen-bond acceptors (Lipinski definition) is 2. The highest BCUT2D eigenvalue weighted by atomic mass is 16.2. The molecule has 0 bridgehead atoms. The third kappa shape index (κ3) is 4.72. The van der Waals surface area contributed by atoms with E-state index in [2.05, 4.69) is 65.4 Å². The van der Waals surface area contributed by atoms with Gasteiger partial charge < -0.3 is 4.90 Å². The van der Waals surface area contributed by atoms with E-state index in [1.165, 1.54) is 56.3 Å². The van der Waals surface area contributed by atoms with Gasteiger partial charge in [-0.25, -0.2) is 0 Å². The quantitative estimate of drug-likeness (QED) is 0.687. The summed E-state index contributed by atoms with van der Waals surface area (Å²) in [7, 11) is 2.05. The second kappa shape index (κ2) is 9.58. The van der Waals surface area contributed by atoms with Crippen molar-refractivity contribution in [2.24, 2.45) is 0 Å². The average Bonchev–Trinajstić information content (AvgIpc) is 3.33. The Bertz CT molecular complexity index is 730. The Kier molecular flexibility index (Phi) is 6.66. The number of likely N-dealkylation sites (N-methyl/N-ethyl adjacent to an activating group) is 1. The van der Waals surface area contributed by atoms with Crippen LogP contribution >= 0.6 is 0 Å². The van der Waals surface area contributed by atoms with Gasteiger partial charge >= 0.3 is 0 Å². The van der Waals surface area contributed by atoms with E-state index in [1.807, 2.05) is 12.1 Å². The summed E-state index contributed by atoms with van der Waals surface area (Å²) >= 11 is 0. The molecule has 0 unspecified atom stereocenters. The molecule has 1 saturated carbocycles. The average molecular weight is 391 g/mol. The monoisotopic (exact) mass is 390 g/mol. The van der Waals surface area contributed by atoms with Crippen molar-refractivity contribution >= 4 is 5.91 Å². The van der Waals surface area contributed by atoms with Crippen molar-refractivity contribution in [3.05, 3.63) is 71.8 Å². The van der Waals surface area contributed by atoms with E-state index in [0.717, 1.165) is 6.42 Å². The summed E-state index contributed by atoms with van der Waals surface area (Å²) in [5.74, 6) is 0.389. The number of nitrogens with zero attached hydrogens (tertiary/aromatic N) is 2. The molecule has 0 N–H and O–H groups in total. The molecular weight excluding hydrogens is 356 g/mol. The molecule has 1 aliphatic carbocycles. The van der Waals surface area contributed by atoms with Crippen molar-refractivity contribution < 1.29 is 4.79 Å². The number of carbonyl (C=O) groups is 1. The van der Waals surface area contributed by atoms with E-state index in [4.69, 9.17) is 0 Å². The van der Waals surface area contributed by atoms with Gasteiger partial charge in [0.15, 0.2) is 0 Å². The van der Waals surface area contributed by atoms with Crippen LogP contribution < -0.4 is 0 Å². The number of amides is 1. The molecule has 2 atom stereocenters. The summed E-state index contributed by atoms with van der Waals surface area (Å²) in [6.45, 7) is 2.42. The number of hydrogen-bond donors (Lipinski definition) is 0. The lowest BCUT2D eigenvalue weighted by molar-refractivity contribution is -0.134. The van der Waals surface area contributed by atoms with Crippen molar-refractivity contribution in [1.82, 2.24) is 9.80 Å². The largest absolute Gasteiger partial charge is 0.341 e. The summed E-state index contributed by atoms with van der Waals surface area (Å²) in [4.78, 5) is 18.2. The second-order valence-electron chi connectivity index (χ2n) is 8.74. The smallest absolute Gasteiger partial charge is 0.223 e. The lowest BCUT2D eigenvalue weighted by atomic mass is 9.86. The van der Waals surface area contributed by atoms with E-state index >= 15 is 0 Å². The van der Waals surface area contributed by atoms with E-state index < -0.39 is 0 Å². The first-order chi connectivity index (χ1) is 14.2. The number of carbonyl (C=O) groups excluding carboxylic acids is 1. The van der Waals surface area contributed by atoms with Gasteiger partial charge in [0, 0.05) is 31.5 Å². The van der Waals surface area contributed by atoms with Crippen LogP contribution in [-0.4, -0.2) is 47.9 Å². The zero-order valence-electron chi connectivity index (χ0n) is 17.7. The Labute approximate surface area is 175 Å². The fraction of sp³-hybridized carbons (Fsp3) is 0.500. The zero-order valence-corrected chi connectivity index (χ0v) is 17.7. The summed E-state index contributed by atoms with van der Waals surface area (Å²) in [6, 6.07) is 21.9. The standard InChI is InChI=1S/C26H34N2O/c1-27(24-16-8-9-17-25(24)28-18-10-11-19-28)26(29)20-23(21-12-4-2-5-13-21)22-14-6-3-7-15-22/h2-7,12-15,23-25H,8-11,16-20H2,1H3/t24-,25-/m0/s1. The molecule has 0 spiro atoms. The van der Waals surface area contributed by atoms with Gasteiger partial charge in [-0.1, -0.05) is 73.5 Å². The first-order valence-electron chi connectivity index (χ1n) is 11.3. The van der Waals surface area contributed by atoms with Crippen molar-refractivity contribution in [2.75, 3.05) is 20.1 Å². The highest BCUT2D eigenvalue weighted by Gasteiger charge is 2.36. The molecule has 2 aromatic carbocycles. The highest BCUT2D eigenvalue weighted by molar-refractivity contribution is 5.78. The molecule has 29 heavy (non-hydrogen) atoms. The molecule has 4 rings (SSSR count). The van der Waals surface area contributed by atoms with Gasteiger partial charge in [-0.15, -0.1) is 0 Å². The van der Waals surface area contributed by atoms with Gasteiger partial charge in [-0.05, 0) is 49.9 Å². The third-order valence-corrected chi connectivity index (χ3v) is 6.98. The predicted molar refractivity (Wildman–Crippen MR) is 119 cm³/mol. The predicted octanol–water partition coefficient (Wildman–Crippen LogP) is 5.07. The minimum atomic E-state index is 0.112. The van der Waals surface area contributed by atoms with Gasteiger partial charge in [0.2, 0.25) is 5.91 Å². The molecule has 1 aliphatic heterocycles. The van der Waals surface area contributed by atoms with Crippen molar-refractivity contribution in [2.45, 2.75) is 62.9 Å². The Morgan fingerprint density at radius 2 is 1.45 bits per heavy atom. The molecule has 3 nitrogen and oxygen atoms in total. The molecule has 2 aromatic rings. The van der Waals surface area contributed by atoms with Crippen LogP contribution in [0, 0.1) is 0 Å². The SMILES string of the molecule is CN(C(=O)CC(c1ccccc1)c1ccccc1)[C@H]1CCCC[C@@H]1N1CCCC1. The first-order valence-corrected chi connectivity index (χ1v) is 11.3. The van der Waals surface area contributed by atoms with Crippen LogP contribution in [-0.2, 0) is 4.79 Å². The van der Waals surface area contributed by atoms with Gasteiger partial charge in [0.25, 0.3) is 0 Å². The fourth-order valence-electron chi connectivity index (χ4n) is 5.35. The van der Waals surface area contributed by atoms with Crippen LogP contribution in [0.5, 0.6) is 0 Å². The third-order valence-electron chi connectivity index (χ3n) is 6.98. The van der Waals surface area contributed by atoms with E-state index in [0.29, 0.717) is 18.5 Å². The maximum absolute atomic E-state index is 13.5. The number of likely N-dealkylation sites (tertiary alicyclic amines) is 1. The highest BCUT2D eigenvalue weighted by Crippen LogP contribution is 2.32. The van der Waals surface area contributed by atoms with Crippen molar-refractivity contribution in [3.63, 3.8) is 0 Å². The van der Waals surface area contributed by atoms with Crippen molar-refractivity contribution in [3.8, 4) is 0 Å². The minimum absolute atomic E-state index is 0.112. The lowest BCUT2D eigenvalue weighted by Gasteiger charge is -2.43. The molecule has 1 amide bonds. The van der Waals surface area contributed by atoms with E-state index in [9.17, 15) is 4.79 Å². The van der Waals surface area contributed by atoms with Crippen LogP contribution in [0.2, 0.25) is 0 Å². The maximum Gasteiger partial charge on any atom is 0.223 e. The molecule has 2 fully saturated rings. The maximum atomic E-state index is 13.5. The fourth-order valence-corrected chi connectivity index (χ4v) is 5.35. The summed E-state index contributed by atoms with van der Waals surface area (Å²) in [5, 5.41) is 0. The molecule has 154 valence electrons. The minimum Gasteiger partial charge on any atom is -0.341 e. The molecule has 0 radical (unpaired) electrons. The normalized spacial score (nSPS) is 22.7. The number of rotatable bonds is 6. The van der Waals surface area contributed by atoms with Gasteiger partial charge in [0.1, 0.15) is 0 Å². The Hall–Kier alpha value is -2.13. The Morgan fingerprint density at radius 3 is 2.03 bits per heavy atom. The first kappa shape index (κ1) is 20.2. The summed E-state index contributed by atoms with van der Waals surface area (Å²) < 4.78 is 0. The Balaban J connectivity index is 1.52. The van der Waals surface area contributed by atoms with Crippen LogP contribution in [0.25, 0.3) is 0 Å². The summed E-state index contributed by atoms with van der Waals surface area (Å²) in [6.07, 6.45) is 8.08. The number of benzene rings is 2. The lowest BCUT2D eigenvalue weighted by Crippen LogP contribution is -2.53. The molecular formula is C26H34N2O. The van der Waals surface area contributed by atoms with Gasteiger partial charge in [-0.3, -0.25) is 9.69 Å². The molecule has 1 saturated heterocycles. The van der Waals surface area contributed by atoms with E-state index in [-0.39, 0.29) is 11.8 Å². The Morgan fingerprint density at radius 1 is 0.897 bits per heavy atom. The van der Waals surface area contributed by atoms with Crippen LogP contribution in [0.15, 0.2) is 60.7 Å². The molecule has 0 aromatic heterocycles.